The molecule has 1 N–H and O–H groups in total. The van der Waals surface area contributed by atoms with Crippen LogP contribution in [0.3, 0.4) is 0 Å². The Balaban J connectivity index is 2.35. The summed E-state index contributed by atoms with van der Waals surface area (Å²) in [6.45, 7) is 3.40. The van der Waals surface area contributed by atoms with Gasteiger partial charge < -0.3 is 9.73 Å². The van der Waals surface area contributed by atoms with Crippen LogP contribution in [0.1, 0.15) is 12.6 Å². The molecule has 0 aliphatic carbocycles. The zero-order valence-corrected chi connectivity index (χ0v) is 10.9. The van der Waals surface area contributed by atoms with Crippen LogP contribution in [0, 0.1) is 5.82 Å². The molecule has 0 unspecified atom stereocenters. The molecule has 0 amide bonds. The highest BCUT2D eigenvalue weighted by molar-refractivity contribution is 9.10. The molecule has 0 radical (unpaired) electrons. The molecule has 90 valence electrons. The Morgan fingerprint density at radius 1 is 1.47 bits per heavy atom. The molecule has 1 aromatic carbocycles. The minimum atomic E-state index is -0.325. The van der Waals surface area contributed by atoms with Crippen LogP contribution in [0.15, 0.2) is 33.5 Å². The Bertz CT molecular complexity index is 513. The van der Waals surface area contributed by atoms with Gasteiger partial charge in [0, 0.05) is 11.0 Å². The van der Waals surface area contributed by atoms with E-state index in [2.05, 4.69) is 26.2 Å². The van der Waals surface area contributed by atoms with Crippen molar-refractivity contribution in [1.29, 1.82) is 0 Å². The number of hydrogen-bond donors (Lipinski definition) is 1. The van der Waals surface area contributed by atoms with Crippen molar-refractivity contribution in [2.24, 2.45) is 0 Å². The number of aromatic nitrogens is 1. The minimum absolute atomic E-state index is 0.325. The third-order valence-electron chi connectivity index (χ3n) is 2.36. The number of hydrogen-bond acceptors (Lipinski definition) is 3. The third-order valence-corrected chi connectivity index (χ3v) is 2.85. The zero-order chi connectivity index (χ0) is 12.3. The largest absolute Gasteiger partial charge is 0.443 e. The van der Waals surface area contributed by atoms with Crippen molar-refractivity contribution in [2.75, 3.05) is 6.54 Å². The van der Waals surface area contributed by atoms with Gasteiger partial charge in [-0.25, -0.2) is 9.37 Å². The molecule has 2 rings (SSSR count). The van der Waals surface area contributed by atoms with Crippen LogP contribution in [0.2, 0.25) is 0 Å². The van der Waals surface area contributed by atoms with E-state index in [9.17, 15) is 4.39 Å². The van der Waals surface area contributed by atoms with Gasteiger partial charge in [-0.2, -0.15) is 0 Å². The van der Waals surface area contributed by atoms with Gasteiger partial charge in [0.15, 0.2) is 12.2 Å². The summed E-state index contributed by atoms with van der Waals surface area (Å²) in [6.07, 6.45) is 1.34. The molecule has 0 aliphatic rings. The van der Waals surface area contributed by atoms with Crippen LogP contribution >= 0.6 is 15.9 Å². The van der Waals surface area contributed by atoms with Crippen molar-refractivity contribution in [3.05, 3.63) is 40.6 Å². The van der Waals surface area contributed by atoms with Crippen LogP contribution in [-0.4, -0.2) is 11.5 Å². The molecule has 0 spiro atoms. The summed E-state index contributed by atoms with van der Waals surface area (Å²) in [5, 5.41) is 3.14. The molecule has 0 saturated heterocycles. The topological polar surface area (TPSA) is 38.1 Å². The number of halogens is 2. The first kappa shape index (κ1) is 12.3. The maximum absolute atomic E-state index is 13.8. The van der Waals surface area contributed by atoms with E-state index in [0.717, 1.165) is 6.54 Å². The number of nitrogens with one attached hydrogen (secondary N) is 1. The standard InChI is InChI=1S/C12H12BrFN2O/c1-2-15-6-11-12(17-7-16-11)9-4-3-8(13)5-10(9)14/h3-5,7,15H,2,6H2,1H3. The van der Waals surface area contributed by atoms with Crippen molar-refractivity contribution in [2.45, 2.75) is 13.5 Å². The fraction of sp³-hybridized carbons (Fsp3) is 0.250. The first-order valence-corrected chi connectivity index (χ1v) is 6.10. The number of oxazole rings is 1. The quantitative estimate of drug-likeness (QED) is 0.941. The van der Waals surface area contributed by atoms with Crippen molar-refractivity contribution in [1.82, 2.24) is 10.3 Å². The fourth-order valence-corrected chi connectivity index (χ4v) is 1.86. The Labute approximate surface area is 107 Å². The Morgan fingerprint density at radius 3 is 3.00 bits per heavy atom. The lowest BCUT2D eigenvalue weighted by Crippen LogP contribution is -2.12. The average molecular weight is 299 g/mol. The van der Waals surface area contributed by atoms with E-state index >= 15 is 0 Å². The fourth-order valence-electron chi connectivity index (χ4n) is 1.53. The van der Waals surface area contributed by atoms with E-state index in [-0.39, 0.29) is 5.82 Å². The van der Waals surface area contributed by atoms with Crippen molar-refractivity contribution in [3.8, 4) is 11.3 Å². The van der Waals surface area contributed by atoms with Gasteiger partial charge >= 0.3 is 0 Å². The highest BCUT2D eigenvalue weighted by Gasteiger charge is 2.14. The molecular formula is C12H12BrFN2O. The van der Waals surface area contributed by atoms with E-state index in [1.165, 1.54) is 12.5 Å². The van der Waals surface area contributed by atoms with E-state index in [1.807, 2.05) is 6.92 Å². The number of benzene rings is 1. The lowest BCUT2D eigenvalue weighted by molar-refractivity contribution is 0.559. The van der Waals surface area contributed by atoms with Crippen molar-refractivity contribution in [3.63, 3.8) is 0 Å². The predicted molar refractivity (Wildman–Crippen MR) is 67.0 cm³/mol. The first-order valence-electron chi connectivity index (χ1n) is 5.31. The summed E-state index contributed by atoms with van der Waals surface area (Å²) in [5.41, 5.74) is 1.15. The maximum atomic E-state index is 13.8. The highest BCUT2D eigenvalue weighted by atomic mass is 79.9. The van der Waals surface area contributed by atoms with Crippen LogP contribution in [0.5, 0.6) is 0 Å². The molecule has 17 heavy (non-hydrogen) atoms. The van der Waals surface area contributed by atoms with E-state index in [0.29, 0.717) is 28.0 Å². The van der Waals surface area contributed by atoms with Gasteiger partial charge in [0.05, 0.1) is 5.56 Å². The molecule has 0 aliphatic heterocycles. The SMILES string of the molecule is CCNCc1ncoc1-c1ccc(Br)cc1F. The molecule has 0 fully saturated rings. The zero-order valence-electron chi connectivity index (χ0n) is 9.34. The summed E-state index contributed by atoms with van der Waals surface area (Å²) in [7, 11) is 0. The minimum Gasteiger partial charge on any atom is -0.443 e. The molecular weight excluding hydrogens is 287 g/mol. The lowest BCUT2D eigenvalue weighted by Gasteiger charge is -2.03. The molecule has 1 aromatic heterocycles. The van der Waals surface area contributed by atoms with Gasteiger partial charge in [-0.1, -0.05) is 22.9 Å². The van der Waals surface area contributed by atoms with Gasteiger partial charge in [0.2, 0.25) is 0 Å². The Kier molecular flexibility index (Phi) is 3.91. The van der Waals surface area contributed by atoms with E-state index in [1.54, 1.807) is 12.1 Å². The molecule has 0 saturated carbocycles. The van der Waals surface area contributed by atoms with Gasteiger partial charge in [-0.3, -0.25) is 0 Å². The van der Waals surface area contributed by atoms with Crippen LogP contribution < -0.4 is 5.32 Å². The van der Waals surface area contributed by atoms with E-state index < -0.39 is 0 Å². The second kappa shape index (κ2) is 5.42. The molecule has 3 nitrogen and oxygen atoms in total. The molecule has 2 aromatic rings. The Hall–Kier alpha value is -1.20. The molecule has 0 bridgehead atoms. The molecule has 5 heteroatoms. The lowest BCUT2D eigenvalue weighted by atomic mass is 10.1. The smallest absolute Gasteiger partial charge is 0.181 e. The second-order valence-corrected chi connectivity index (χ2v) is 4.45. The second-order valence-electron chi connectivity index (χ2n) is 3.53. The predicted octanol–water partition coefficient (Wildman–Crippen LogP) is 3.35. The van der Waals surface area contributed by atoms with Crippen LogP contribution in [0.4, 0.5) is 4.39 Å². The summed E-state index contributed by atoms with van der Waals surface area (Å²) >= 11 is 3.22. The normalized spacial score (nSPS) is 10.8. The monoisotopic (exact) mass is 298 g/mol. The highest BCUT2D eigenvalue weighted by Crippen LogP contribution is 2.27. The third kappa shape index (κ3) is 2.73. The van der Waals surface area contributed by atoms with Crippen molar-refractivity contribution >= 4 is 15.9 Å². The molecule has 0 atom stereocenters. The Morgan fingerprint density at radius 2 is 2.29 bits per heavy atom. The van der Waals surface area contributed by atoms with Gasteiger partial charge in [0.25, 0.3) is 0 Å². The van der Waals surface area contributed by atoms with Gasteiger partial charge in [0.1, 0.15) is 11.5 Å². The summed E-state index contributed by atoms with van der Waals surface area (Å²) in [5.74, 6) is 0.157. The summed E-state index contributed by atoms with van der Waals surface area (Å²) in [4.78, 5) is 4.09. The summed E-state index contributed by atoms with van der Waals surface area (Å²) in [6, 6.07) is 4.86. The number of rotatable bonds is 4. The average Bonchev–Trinajstić information content (AvgIpc) is 2.74. The first-order chi connectivity index (χ1) is 8.22. The van der Waals surface area contributed by atoms with Gasteiger partial charge in [-0.05, 0) is 24.7 Å². The van der Waals surface area contributed by atoms with E-state index in [4.69, 9.17) is 4.42 Å². The van der Waals surface area contributed by atoms with Crippen LogP contribution in [-0.2, 0) is 6.54 Å². The summed E-state index contributed by atoms with van der Waals surface area (Å²) < 4.78 is 19.7. The van der Waals surface area contributed by atoms with Crippen molar-refractivity contribution < 1.29 is 8.81 Å². The number of nitrogens with zero attached hydrogens (tertiary/aromatic N) is 1. The molecule has 1 heterocycles. The van der Waals surface area contributed by atoms with Gasteiger partial charge in [-0.15, -0.1) is 0 Å². The van der Waals surface area contributed by atoms with Crippen LogP contribution in [0.25, 0.3) is 11.3 Å². The maximum Gasteiger partial charge on any atom is 0.181 e.